The van der Waals surface area contributed by atoms with Crippen LogP contribution in [-0.2, 0) is 4.74 Å². The molecule has 0 amide bonds. The van der Waals surface area contributed by atoms with Gasteiger partial charge in [-0.3, -0.25) is 0 Å². The van der Waals surface area contributed by atoms with Crippen molar-refractivity contribution in [2.45, 2.75) is 39.4 Å². The number of morpholine rings is 1. The maximum Gasteiger partial charge on any atom is 0.134 e. The first-order valence-corrected chi connectivity index (χ1v) is 6.65. The van der Waals surface area contributed by atoms with Gasteiger partial charge in [-0.15, -0.1) is 0 Å². The molecule has 5 heteroatoms. The predicted octanol–water partition coefficient (Wildman–Crippen LogP) is 1.91. The van der Waals surface area contributed by atoms with Gasteiger partial charge in [0.2, 0.25) is 0 Å². The summed E-state index contributed by atoms with van der Waals surface area (Å²) in [6, 6.07) is 2.01. The van der Waals surface area contributed by atoms with Crippen LogP contribution in [0.4, 0.5) is 11.6 Å². The second kappa shape index (κ2) is 6.00. The van der Waals surface area contributed by atoms with Crippen LogP contribution in [0.25, 0.3) is 0 Å². The number of hydrogen-bond donors (Lipinski definition) is 1. The van der Waals surface area contributed by atoms with E-state index in [-0.39, 0.29) is 12.2 Å². The van der Waals surface area contributed by atoms with E-state index in [2.05, 4.69) is 41.0 Å². The van der Waals surface area contributed by atoms with Gasteiger partial charge in [0.15, 0.2) is 0 Å². The van der Waals surface area contributed by atoms with Crippen LogP contribution in [0, 0.1) is 0 Å². The average molecular weight is 250 g/mol. The van der Waals surface area contributed by atoms with Crippen LogP contribution in [0.2, 0.25) is 0 Å². The lowest BCUT2D eigenvalue weighted by Crippen LogP contribution is -2.45. The molecule has 1 aromatic heterocycles. The Hall–Kier alpha value is -1.36. The van der Waals surface area contributed by atoms with Crippen LogP contribution in [-0.4, -0.2) is 41.8 Å². The number of aromatic nitrogens is 2. The summed E-state index contributed by atoms with van der Waals surface area (Å²) in [7, 11) is 0. The molecule has 1 aliphatic heterocycles. The summed E-state index contributed by atoms with van der Waals surface area (Å²) >= 11 is 0. The maximum absolute atomic E-state index is 5.73. The van der Waals surface area contributed by atoms with Gasteiger partial charge in [-0.1, -0.05) is 6.92 Å². The van der Waals surface area contributed by atoms with E-state index in [0.29, 0.717) is 0 Å². The standard InChI is InChI=1S/C13H22N4O/c1-4-5-14-12-6-13(16-9-15-12)17-7-10(2)18-11(3)8-17/h6,9-11H,4-5,7-8H2,1-3H3,(H,14,15,16). The van der Waals surface area contributed by atoms with E-state index in [1.54, 1.807) is 6.33 Å². The molecular formula is C13H22N4O. The normalized spacial score (nSPS) is 24.1. The van der Waals surface area contributed by atoms with Crippen molar-refractivity contribution in [3.05, 3.63) is 12.4 Å². The van der Waals surface area contributed by atoms with Gasteiger partial charge in [-0.25, -0.2) is 9.97 Å². The largest absolute Gasteiger partial charge is 0.372 e. The highest BCUT2D eigenvalue weighted by Crippen LogP contribution is 2.19. The fraction of sp³-hybridized carbons (Fsp3) is 0.692. The highest BCUT2D eigenvalue weighted by atomic mass is 16.5. The van der Waals surface area contributed by atoms with E-state index in [1.165, 1.54) is 0 Å². The zero-order chi connectivity index (χ0) is 13.0. The molecular weight excluding hydrogens is 228 g/mol. The minimum absolute atomic E-state index is 0.246. The molecule has 0 aromatic carbocycles. The van der Waals surface area contributed by atoms with Crippen LogP contribution >= 0.6 is 0 Å². The van der Waals surface area contributed by atoms with Crippen LogP contribution in [0.5, 0.6) is 0 Å². The summed E-state index contributed by atoms with van der Waals surface area (Å²) in [5.41, 5.74) is 0. The quantitative estimate of drug-likeness (QED) is 0.884. The van der Waals surface area contributed by atoms with Gasteiger partial charge in [-0.2, -0.15) is 0 Å². The Kier molecular flexibility index (Phi) is 4.36. The van der Waals surface area contributed by atoms with Gasteiger partial charge in [0.1, 0.15) is 18.0 Å². The second-order valence-electron chi connectivity index (χ2n) is 4.85. The lowest BCUT2D eigenvalue weighted by Gasteiger charge is -2.36. The Morgan fingerprint density at radius 1 is 1.33 bits per heavy atom. The predicted molar refractivity (Wildman–Crippen MR) is 73.0 cm³/mol. The van der Waals surface area contributed by atoms with Crippen molar-refractivity contribution in [2.75, 3.05) is 29.9 Å². The SMILES string of the molecule is CCCNc1cc(N2CC(C)OC(C)C2)ncn1. The Balaban J connectivity index is 2.07. The fourth-order valence-electron chi connectivity index (χ4n) is 2.23. The molecule has 0 saturated carbocycles. The number of nitrogens with one attached hydrogen (secondary N) is 1. The second-order valence-corrected chi connectivity index (χ2v) is 4.85. The molecule has 100 valence electrons. The van der Waals surface area contributed by atoms with E-state index in [0.717, 1.165) is 37.7 Å². The Morgan fingerprint density at radius 2 is 2.06 bits per heavy atom. The molecule has 2 atom stereocenters. The number of nitrogens with zero attached hydrogens (tertiary/aromatic N) is 3. The van der Waals surface area contributed by atoms with Crippen molar-refractivity contribution < 1.29 is 4.74 Å². The van der Waals surface area contributed by atoms with Crippen molar-refractivity contribution in [3.8, 4) is 0 Å². The van der Waals surface area contributed by atoms with Gasteiger partial charge in [-0.05, 0) is 20.3 Å². The van der Waals surface area contributed by atoms with Crippen molar-refractivity contribution >= 4 is 11.6 Å². The molecule has 5 nitrogen and oxygen atoms in total. The summed E-state index contributed by atoms with van der Waals surface area (Å²) in [5.74, 6) is 1.87. The molecule has 1 saturated heterocycles. The fourth-order valence-corrected chi connectivity index (χ4v) is 2.23. The minimum Gasteiger partial charge on any atom is -0.372 e. The smallest absolute Gasteiger partial charge is 0.134 e. The molecule has 0 aliphatic carbocycles. The third-order valence-corrected chi connectivity index (χ3v) is 2.95. The summed E-state index contributed by atoms with van der Waals surface area (Å²) < 4.78 is 5.73. The van der Waals surface area contributed by atoms with Gasteiger partial charge in [0, 0.05) is 25.7 Å². The van der Waals surface area contributed by atoms with Gasteiger partial charge >= 0.3 is 0 Å². The number of ether oxygens (including phenoxy) is 1. The number of rotatable bonds is 4. The molecule has 0 radical (unpaired) electrons. The Morgan fingerprint density at radius 3 is 2.72 bits per heavy atom. The zero-order valence-electron chi connectivity index (χ0n) is 11.4. The maximum atomic E-state index is 5.73. The lowest BCUT2D eigenvalue weighted by molar-refractivity contribution is -0.00546. The summed E-state index contributed by atoms with van der Waals surface area (Å²) in [6.07, 6.45) is 3.20. The molecule has 1 aliphatic rings. The highest BCUT2D eigenvalue weighted by molar-refractivity contribution is 5.48. The van der Waals surface area contributed by atoms with Gasteiger partial charge in [0.25, 0.3) is 0 Å². The molecule has 1 aromatic rings. The average Bonchev–Trinajstić information content (AvgIpc) is 2.35. The van der Waals surface area contributed by atoms with Crippen molar-refractivity contribution in [1.82, 2.24) is 9.97 Å². The molecule has 0 spiro atoms. The third kappa shape index (κ3) is 3.32. The van der Waals surface area contributed by atoms with E-state index in [4.69, 9.17) is 4.74 Å². The van der Waals surface area contributed by atoms with Crippen molar-refractivity contribution in [2.24, 2.45) is 0 Å². The van der Waals surface area contributed by atoms with E-state index < -0.39 is 0 Å². The zero-order valence-corrected chi connectivity index (χ0v) is 11.4. The molecule has 18 heavy (non-hydrogen) atoms. The van der Waals surface area contributed by atoms with Gasteiger partial charge in [0.05, 0.1) is 12.2 Å². The van der Waals surface area contributed by atoms with Crippen LogP contribution < -0.4 is 10.2 Å². The molecule has 2 rings (SSSR count). The first kappa shape index (κ1) is 13.1. The number of anilines is 2. The number of hydrogen-bond acceptors (Lipinski definition) is 5. The van der Waals surface area contributed by atoms with E-state index in [1.807, 2.05) is 6.07 Å². The van der Waals surface area contributed by atoms with Crippen LogP contribution in [0.3, 0.4) is 0 Å². The highest BCUT2D eigenvalue weighted by Gasteiger charge is 2.23. The first-order valence-electron chi connectivity index (χ1n) is 6.65. The molecule has 1 N–H and O–H groups in total. The molecule has 1 fully saturated rings. The van der Waals surface area contributed by atoms with Crippen molar-refractivity contribution in [3.63, 3.8) is 0 Å². The summed E-state index contributed by atoms with van der Waals surface area (Å²) in [5, 5.41) is 3.29. The Bertz CT molecular complexity index is 375. The van der Waals surface area contributed by atoms with Crippen molar-refractivity contribution in [1.29, 1.82) is 0 Å². The minimum atomic E-state index is 0.246. The van der Waals surface area contributed by atoms with E-state index in [9.17, 15) is 0 Å². The lowest BCUT2D eigenvalue weighted by atomic mass is 10.2. The van der Waals surface area contributed by atoms with Gasteiger partial charge < -0.3 is 15.0 Å². The first-order chi connectivity index (χ1) is 8.69. The molecule has 2 unspecified atom stereocenters. The van der Waals surface area contributed by atoms with E-state index >= 15 is 0 Å². The summed E-state index contributed by atoms with van der Waals surface area (Å²) in [4.78, 5) is 10.9. The molecule has 0 bridgehead atoms. The summed E-state index contributed by atoms with van der Waals surface area (Å²) in [6.45, 7) is 9.04. The Labute approximate surface area is 109 Å². The molecule has 2 heterocycles. The van der Waals surface area contributed by atoms with Crippen LogP contribution in [0.1, 0.15) is 27.2 Å². The van der Waals surface area contributed by atoms with Crippen LogP contribution in [0.15, 0.2) is 12.4 Å². The topological polar surface area (TPSA) is 50.3 Å². The monoisotopic (exact) mass is 250 g/mol. The third-order valence-electron chi connectivity index (χ3n) is 2.95.